The van der Waals surface area contributed by atoms with Gasteiger partial charge >= 0.3 is 0 Å². The molecule has 1 N–H and O–H groups in total. The van der Waals surface area contributed by atoms with Crippen molar-refractivity contribution in [1.29, 1.82) is 0 Å². The number of benzene rings is 1. The van der Waals surface area contributed by atoms with Crippen LogP contribution in [0.2, 0.25) is 0 Å². The van der Waals surface area contributed by atoms with Crippen LogP contribution in [0.1, 0.15) is 67.6 Å². The van der Waals surface area contributed by atoms with Crippen molar-refractivity contribution in [3.63, 3.8) is 0 Å². The lowest BCUT2D eigenvalue weighted by atomic mass is 9.89. The van der Waals surface area contributed by atoms with Crippen molar-refractivity contribution in [2.75, 3.05) is 0 Å². The molecule has 1 aromatic carbocycles. The molecule has 0 aliphatic heterocycles. The number of rotatable bonds is 5. The molecule has 4 rings (SSSR count). The summed E-state index contributed by atoms with van der Waals surface area (Å²) in [5.74, 6) is 0.746. The van der Waals surface area contributed by atoms with Crippen molar-refractivity contribution in [2.45, 2.75) is 58.9 Å². The Kier molecular flexibility index (Phi) is 6.05. The Hall–Kier alpha value is -2.80. The Morgan fingerprint density at radius 2 is 2.03 bits per heavy atom. The van der Waals surface area contributed by atoms with Crippen LogP contribution in [0.25, 0.3) is 10.2 Å². The second-order valence-corrected chi connectivity index (χ2v) is 9.80. The predicted octanol–water partition coefficient (Wildman–Crippen LogP) is 4.42. The molecule has 1 aliphatic carbocycles. The minimum atomic E-state index is -0.706. The Morgan fingerprint density at radius 3 is 2.74 bits per heavy atom. The van der Waals surface area contributed by atoms with Crippen LogP contribution in [0, 0.1) is 5.92 Å². The van der Waals surface area contributed by atoms with Gasteiger partial charge < -0.3 is 0 Å². The van der Waals surface area contributed by atoms with E-state index in [2.05, 4.69) is 48.4 Å². The molecule has 0 spiro atoms. The smallest absolute Gasteiger partial charge is 0.263 e. The average Bonchev–Trinajstić information content (AvgIpc) is 3.12. The van der Waals surface area contributed by atoms with Gasteiger partial charge in [-0.3, -0.25) is 14.2 Å². The number of aryl methyl sites for hydroxylation is 1. The molecule has 0 radical (unpaired) electrons. The molecule has 2 atom stereocenters. The highest BCUT2D eigenvalue weighted by molar-refractivity contribution is 7.18. The van der Waals surface area contributed by atoms with E-state index in [0.29, 0.717) is 17.2 Å². The predicted molar refractivity (Wildman–Crippen MR) is 126 cm³/mol. The first-order chi connectivity index (χ1) is 14.8. The standard InChI is InChI=1S/C24H28N4O2S/c1-14(2)18-8-6-17(7-9-18)12-26-27-22(29)16(4)28-13-25-23-21(24(28)30)19-10-5-15(3)11-20(19)31-23/h6-9,12-16H,5,10-11H2,1-4H3,(H,27,29)/t15-,16-/m0/s1. The van der Waals surface area contributed by atoms with Crippen molar-refractivity contribution >= 4 is 33.7 Å². The maximum Gasteiger partial charge on any atom is 0.263 e. The summed E-state index contributed by atoms with van der Waals surface area (Å²) < 4.78 is 1.41. The van der Waals surface area contributed by atoms with E-state index in [1.54, 1.807) is 24.5 Å². The first-order valence-electron chi connectivity index (χ1n) is 10.8. The number of hydrogen-bond acceptors (Lipinski definition) is 5. The maximum absolute atomic E-state index is 13.2. The Morgan fingerprint density at radius 1 is 1.29 bits per heavy atom. The molecule has 0 fully saturated rings. The molecule has 7 heteroatoms. The quantitative estimate of drug-likeness (QED) is 0.475. The van der Waals surface area contributed by atoms with Crippen LogP contribution < -0.4 is 11.0 Å². The zero-order chi connectivity index (χ0) is 22.1. The number of thiophene rings is 1. The molecule has 6 nitrogen and oxygen atoms in total. The molecule has 3 aromatic rings. The van der Waals surface area contributed by atoms with Crippen molar-refractivity contribution in [3.05, 3.63) is 62.5 Å². The fraction of sp³-hybridized carbons (Fsp3) is 0.417. The van der Waals surface area contributed by atoms with Crippen LogP contribution in [0.4, 0.5) is 0 Å². The van der Waals surface area contributed by atoms with Gasteiger partial charge in [0.05, 0.1) is 17.9 Å². The highest BCUT2D eigenvalue weighted by Crippen LogP contribution is 2.35. The van der Waals surface area contributed by atoms with Crippen LogP contribution in [0.3, 0.4) is 0 Å². The van der Waals surface area contributed by atoms with Gasteiger partial charge in [-0.15, -0.1) is 11.3 Å². The summed E-state index contributed by atoms with van der Waals surface area (Å²) in [5.41, 5.74) is 5.68. The van der Waals surface area contributed by atoms with Crippen molar-refractivity contribution in [3.8, 4) is 0 Å². The van der Waals surface area contributed by atoms with E-state index >= 15 is 0 Å². The van der Waals surface area contributed by atoms with E-state index in [4.69, 9.17) is 0 Å². The molecular weight excluding hydrogens is 408 g/mol. The number of fused-ring (bicyclic) bond motifs is 3. The SMILES string of the molecule is CC(C)c1ccc(C=NNC(=O)[C@H](C)n2cnc3sc4c(c3c2=O)CC[C@H](C)C4)cc1. The minimum absolute atomic E-state index is 0.145. The van der Waals surface area contributed by atoms with Crippen molar-refractivity contribution < 1.29 is 4.79 Å². The summed E-state index contributed by atoms with van der Waals surface area (Å²) >= 11 is 1.61. The van der Waals surface area contributed by atoms with Crippen molar-refractivity contribution in [1.82, 2.24) is 15.0 Å². The lowest BCUT2D eigenvalue weighted by Gasteiger charge is -2.18. The second kappa shape index (κ2) is 8.75. The van der Waals surface area contributed by atoms with Gasteiger partial charge in [0.25, 0.3) is 11.5 Å². The van der Waals surface area contributed by atoms with Gasteiger partial charge in [-0.1, -0.05) is 45.0 Å². The monoisotopic (exact) mass is 436 g/mol. The van der Waals surface area contributed by atoms with E-state index < -0.39 is 6.04 Å². The van der Waals surface area contributed by atoms with E-state index in [1.165, 1.54) is 21.3 Å². The lowest BCUT2D eigenvalue weighted by Crippen LogP contribution is -2.34. The Labute approximate surface area is 186 Å². The molecule has 1 aliphatic rings. The number of carbonyl (C=O) groups excluding carboxylic acids is 1. The number of amides is 1. The minimum Gasteiger partial charge on any atom is -0.286 e. The fourth-order valence-corrected chi connectivity index (χ4v) is 5.32. The zero-order valence-corrected chi connectivity index (χ0v) is 19.2. The topological polar surface area (TPSA) is 76.3 Å². The molecule has 0 saturated carbocycles. The number of hydrazone groups is 1. The Balaban J connectivity index is 1.51. The summed E-state index contributed by atoms with van der Waals surface area (Å²) in [6, 6.07) is 7.34. The summed E-state index contributed by atoms with van der Waals surface area (Å²) in [6.07, 6.45) is 6.07. The fourth-order valence-electron chi connectivity index (χ4n) is 3.98. The summed E-state index contributed by atoms with van der Waals surface area (Å²) in [6.45, 7) is 8.22. The van der Waals surface area contributed by atoms with Gasteiger partial charge in [-0.05, 0) is 54.7 Å². The molecular formula is C24H28N4O2S. The third kappa shape index (κ3) is 4.32. The molecule has 0 unspecified atom stereocenters. The maximum atomic E-state index is 13.2. The van der Waals surface area contributed by atoms with Crippen LogP contribution in [-0.2, 0) is 17.6 Å². The highest BCUT2D eigenvalue weighted by atomic mass is 32.1. The highest BCUT2D eigenvalue weighted by Gasteiger charge is 2.25. The number of nitrogens with zero attached hydrogens (tertiary/aromatic N) is 3. The third-order valence-electron chi connectivity index (χ3n) is 6.03. The molecule has 1 amide bonds. The number of hydrogen-bond donors (Lipinski definition) is 1. The number of aromatic nitrogens is 2. The summed E-state index contributed by atoms with van der Waals surface area (Å²) in [7, 11) is 0. The van der Waals surface area contributed by atoms with E-state index in [0.717, 1.165) is 35.2 Å². The first-order valence-corrected chi connectivity index (χ1v) is 11.6. The van der Waals surface area contributed by atoms with Crippen LogP contribution in [-0.4, -0.2) is 21.7 Å². The van der Waals surface area contributed by atoms with Gasteiger partial charge in [0.15, 0.2) is 0 Å². The Bertz CT molecular complexity index is 1190. The largest absolute Gasteiger partial charge is 0.286 e. The first kappa shape index (κ1) is 21.4. The number of nitrogens with one attached hydrogen (secondary N) is 1. The molecule has 0 saturated heterocycles. The van der Waals surface area contributed by atoms with E-state index in [9.17, 15) is 9.59 Å². The second-order valence-electron chi connectivity index (χ2n) is 8.72. The van der Waals surface area contributed by atoms with Gasteiger partial charge in [-0.2, -0.15) is 5.10 Å². The van der Waals surface area contributed by atoms with Crippen molar-refractivity contribution in [2.24, 2.45) is 11.0 Å². The molecule has 2 aromatic heterocycles. The summed E-state index contributed by atoms with van der Waals surface area (Å²) in [4.78, 5) is 32.3. The molecule has 31 heavy (non-hydrogen) atoms. The van der Waals surface area contributed by atoms with Crippen LogP contribution in [0.5, 0.6) is 0 Å². The van der Waals surface area contributed by atoms with E-state index in [1.807, 2.05) is 12.1 Å². The van der Waals surface area contributed by atoms with Gasteiger partial charge in [-0.25, -0.2) is 10.4 Å². The lowest BCUT2D eigenvalue weighted by molar-refractivity contribution is -0.123. The normalized spacial score (nSPS) is 17.3. The van der Waals surface area contributed by atoms with Gasteiger partial charge in [0.2, 0.25) is 0 Å². The van der Waals surface area contributed by atoms with Gasteiger partial charge in [0.1, 0.15) is 10.9 Å². The van der Waals surface area contributed by atoms with Crippen LogP contribution in [0.15, 0.2) is 40.5 Å². The summed E-state index contributed by atoms with van der Waals surface area (Å²) in [5, 5.41) is 4.75. The molecule has 162 valence electrons. The zero-order valence-electron chi connectivity index (χ0n) is 18.4. The molecule has 0 bridgehead atoms. The number of carbonyl (C=O) groups is 1. The third-order valence-corrected chi connectivity index (χ3v) is 7.19. The van der Waals surface area contributed by atoms with Gasteiger partial charge in [0, 0.05) is 4.88 Å². The van der Waals surface area contributed by atoms with E-state index in [-0.39, 0.29) is 11.5 Å². The molecule has 2 heterocycles. The average molecular weight is 437 g/mol. The van der Waals surface area contributed by atoms with Crippen LogP contribution >= 0.6 is 11.3 Å².